The molecular weight excluding hydrogens is 275 g/mol. The van der Waals surface area contributed by atoms with E-state index >= 15 is 0 Å². The lowest BCUT2D eigenvalue weighted by Crippen LogP contribution is -2.46. The number of halogens is 1. The second kappa shape index (κ2) is 4.98. The Morgan fingerprint density at radius 2 is 2.25 bits per heavy atom. The molecule has 1 aromatic carbocycles. The van der Waals surface area contributed by atoms with Crippen LogP contribution in [0.2, 0.25) is 0 Å². The number of hydrogen-bond donors (Lipinski definition) is 1. The first-order valence-corrected chi connectivity index (χ1v) is 7.42. The number of hydrogen-bond acceptors (Lipinski definition) is 3. The Bertz CT molecular complexity index is 649. The van der Waals surface area contributed by atoms with Crippen LogP contribution >= 0.6 is 11.3 Å². The minimum absolute atomic E-state index is 0.0799. The lowest BCUT2D eigenvalue weighted by molar-refractivity contribution is -0.124. The molecule has 5 heteroatoms. The Labute approximate surface area is 120 Å². The van der Waals surface area contributed by atoms with E-state index in [0.29, 0.717) is 5.13 Å². The van der Waals surface area contributed by atoms with Gasteiger partial charge in [0, 0.05) is 11.1 Å². The third kappa shape index (κ3) is 2.22. The van der Waals surface area contributed by atoms with Crippen LogP contribution in [0, 0.1) is 12.7 Å². The predicted octanol–water partition coefficient (Wildman–Crippen LogP) is 3.65. The van der Waals surface area contributed by atoms with Crippen molar-refractivity contribution in [2.24, 2.45) is 0 Å². The molecule has 0 aliphatic heterocycles. The van der Waals surface area contributed by atoms with Crippen LogP contribution in [0.3, 0.4) is 0 Å². The van der Waals surface area contributed by atoms with Gasteiger partial charge in [0.05, 0.1) is 5.41 Å². The quantitative estimate of drug-likeness (QED) is 0.937. The molecule has 2 aromatic rings. The van der Waals surface area contributed by atoms with Crippen LogP contribution < -0.4 is 5.32 Å². The molecule has 1 aromatic heterocycles. The highest BCUT2D eigenvalue weighted by Crippen LogP contribution is 2.44. The van der Waals surface area contributed by atoms with Gasteiger partial charge in [0.25, 0.3) is 0 Å². The number of anilines is 1. The molecule has 0 radical (unpaired) electrons. The van der Waals surface area contributed by atoms with Crippen LogP contribution in [0.4, 0.5) is 9.52 Å². The molecule has 1 amide bonds. The number of amides is 1. The Hall–Kier alpha value is -1.75. The van der Waals surface area contributed by atoms with Gasteiger partial charge in [-0.05, 0) is 37.5 Å². The number of carbonyl (C=O) groups is 1. The largest absolute Gasteiger partial charge is 0.301 e. The number of nitrogens with one attached hydrogen (secondary N) is 1. The van der Waals surface area contributed by atoms with E-state index in [1.165, 1.54) is 23.5 Å². The monoisotopic (exact) mass is 290 g/mol. The molecule has 1 aliphatic carbocycles. The predicted molar refractivity (Wildman–Crippen MR) is 77.4 cm³/mol. The van der Waals surface area contributed by atoms with Gasteiger partial charge in [-0.3, -0.25) is 4.79 Å². The minimum Gasteiger partial charge on any atom is -0.301 e. The standard InChI is InChI=1S/C15H15FN2OS/c1-10-9-17-14(20-10)18-13(19)15(6-3-7-15)11-4-2-5-12(16)8-11/h2,4-5,8-9H,3,6-7H2,1H3,(H,17,18,19). The van der Waals surface area contributed by atoms with Gasteiger partial charge >= 0.3 is 0 Å². The van der Waals surface area contributed by atoms with Gasteiger partial charge in [-0.15, -0.1) is 11.3 Å². The van der Waals surface area contributed by atoms with Gasteiger partial charge in [-0.25, -0.2) is 9.37 Å². The topological polar surface area (TPSA) is 42.0 Å². The molecule has 0 unspecified atom stereocenters. The molecule has 20 heavy (non-hydrogen) atoms. The molecule has 0 bridgehead atoms. The molecule has 1 fully saturated rings. The maximum atomic E-state index is 13.4. The number of carbonyl (C=O) groups excluding carboxylic acids is 1. The Kier molecular flexibility index (Phi) is 3.30. The summed E-state index contributed by atoms with van der Waals surface area (Å²) in [4.78, 5) is 17.8. The summed E-state index contributed by atoms with van der Waals surface area (Å²) in [6, 6.07) is 6.35. The number of rotatable bonds is 3. The van der Waals surface area contributed by atoms with E-state index in [1.54, 1.807) is 12.3 Å². The molecule has 3 nitrogen and oxygen atoms in total. The molecular formula is C15H15FN2OS. The highest BCUT2D eigenvalue weighted by molar-refractivity contribution is 7.15. The van der Waals surface area contributed by atoms with Crippen molar-refractivity contribution in [1.82, 2.24) is 4.98 Å². The second-order valence-electron chi connectivity index (χ2n) is 5.18. The Balaban J connectivity index is 1.87. The van der Waals surface area contributed by atoms with E-state index in [1.807, 2.05) is 13.0 Å². The van der Waals surface area contributed by atoms with Gasteiger partial charge in [-0.2, -0.15) is 0 Å². The minimum atomic E-state index is -0.596. The smallest absolute Gasteiger partial charge is 0.236 e. The van der Waals surface area contributed by atoms with Gasteiger partial charge in [0.2, 0.25) is 5.91 Å². The van der Waals surface area contributed by atoms with Crippen molar-refractivity contribution in [3.8, 4) is 0 Å². The zero-order chi connectivity index (χ0) is 14.2. The number of nitrogens with zero attached hydrogens (tertiary/aromatic N) is 1. The first-order valence-electron chi connectivity index (χ1n) is 6.60. The van der Waals surface area contributed by atoms with Crippen LogP contribution in [0.15, 0.2) is 30.5 Å². The number of thiazole rings is 1. The summed E-state index contributed by atoms with van der Waals surface area (Å²) < 4.78 is 13.4. The summed E-state index contributed by atoms with van der Waals surface area (Å²) in [5, 5.41) is 3.48. The van der Waals surface area contributed by atoms with Crippen LogP contribution in [0.1, 0.15) is 29.7 Å². The molecule has 104 valence electrons. The molecule has 3 rings (SSSR count). The molecule has 1 aliphatic rings. The van der Waals surface area contributed by atoms with E-state index < -0.39 is 5.41 Å². The van der Waals surface area contributed by atoms with Crippen molar-refractivity contribution in [3.63, 3.8) is 0 Å². The SMILES string of the molecule is Cc1cnc(NC(=O)C2(c3cccc(F)c3)CCC2)s1. The molecule has 0 atom stereocenters. The second-order valence-corrected chi connectivity index (χ2v) is 6.41. The van der Waals surface area contributed by atoms with E-state index in [-0.39, 0.29) is 11.7 Å². The summed E-state index contributed by atoms with van der Waals surface area (Å²) >= 11 is 1.45. The lowest BCUT2D eigenvalue weighted by atomic mass is 9.64. The number of aromatic nitrogens is 1. The number of benzene rings is 1. The molecule has 0 saturated heterocycles. The maximum Gasteiger partial charge on any atom is 0.236 e. The maximum absolute atomic E-state index is 13.4. The third-order valence-electron chi connectivity index (χ3n) is 3.86. The average Bonchev–Trinajstić information content (AvgIpc) is 2.73. The van der Waals surface area contributed by atoms with E-state index in [0.717, 1.165) is 29.7 Å². The molecule has 0 spiro atoms. The van der Waals surface area contributed by atoms with Crippen molar-refractivity contribution >= 4 is 22.4 Å². The summed E-state index contributed by atoms with van der Waals surface area (Å²) in [5.41, 5.74) is 0.163. The van der Waals surface area contributed by atoms with Crippen molar-refractivity contribution in [3.05, 3.63) is 46.7 Å². The number of aryl methyl sites for hydroxylation is 1. The van der Waals surface area contributed by atoms with Gasteiger partial charge in [0.15, 0.2) is 5.13 Å². The van der Waals surface area contributed by atoms with Crippen LogP contribution in [-0.2, 0) is 10.2 Å². The molecule has 1 N–H and O–H groups in total. The van der Waals surface area contributed by atoms with Crippen LogP contribution in [-0.4, -0.2) is 10.9 Å². The Morgan fingerprint density at radius 1 is 1.45 bits per heavy atom. The lowest BCUT2D eigenvalue weighted by Gasteiger charge is -2.40. The summed E-state index contributed by atoms with van der Waals surface area (Å²) in [6.07, 6.45) is 4.23. The van der Waals surface area contributed by atoms with Crippen LogP contribution in [0.25, 0.3) is 0 Å². The average molecular weight is 290 g/mol. The first kappa shape index (κ1) is 13.2. The van der Waals surface area contributed by atoms with E-state index in [9.17, 15) is 9.18 Å². The van der Waals surface area contributed by atoms with Crippen molar-refractivity contribution in [2.75, 3.05) is 5.32 Å². The summed E-state index contributed by atoms with van der Waals surface area (Å²) in [7, 11) is 0. The van der Waals surface area contributed by atoms with Crippen molar-refractivity contribution in [2.45, 2.75) is 31.6 Å². The fourth-order valence-electron chi connectivity index (χ4n) is 2.59. The molecule has 1 saturated carbocycles. The van der Waals surface area contributed by atoms with E-state index in [2.05, 4.69) is 10.3 Å². The fraction of sp³-hybridized carbons (Fsp3) is 0.333. The zero-order valence-electron chi connectivity index (χ0n) is 11.1. The zero-order valence-corrected chi connectivity index (χ0v) is 12.0. The highest BCUT2D eigenvalue weighted by atomic mass is 32.1. The third-order valence-corrected chi connectivity index (χ3v) is 4.69. The first-order chi connectivity index (χ1) is 9.60. The van der Waals surface area contributed by atoms with Crippen molar-refractivity contribution < 1.29 is 9.18 Å². The van der Waals surface area contributed by atoms with Gasteiger partial charge in [-0.1, -0.05) is 18.6 Å². The van der Waals surface area contributed by atoms with E-state index in [4.69, 9.17) is 0 Å². The summed E-state index contributed by atoms with van der Waals surface area (Å²) in [6.45, 7) is 1.94. The van der Waals surface area contributed by atoms with Crippen LogP contribution in [0.5, 0.6) is 0 Å². The van der Waals surface area contributed by atoms with Gasteiger partial charge < -0.3 is 5.32 Å². The van der Waals surface area contributed by atoms with Gasteiger partial charge in [0.1, 0.15) is 5.82 Å². The normalized spacial score (nSPS) is 16.5. The van der Waals surface area contributed by atoms with Crippen molar-refractivity contribution in [1.29, 1.82) is 0 Å². The summed E-state index contributed by atoms with van der Waals surface area (Å²) in [5.74, 6) is -0.379. The molecule has 1 heterocycles. The Morgan fingerprint density at radius 3 is 2.80 bits per heavy atom. The fourth-order valence-corrected chi connectivity index (χ4v) is 3.25. The highest BCUT2D eigenvalue weighted by Gasteiger charge is 2.46.